The van der Waals surface area contributed by atoms with Gasteiger partial charge in [0, 0.05) is 57.0 Å². The van der Waals surface area contributed by atoms with E-state index in [2.05, 4.69) is 107 Å². The lowest BCUT2D eigenvalue weighted by atomic mass is 9.93. The lowest BCUT2D eigenvalue weighted by molar-refractivity contribution is 1.02. The van der Waals surface area contributed by atoms with Gasteiger partial charge in [-0.3, -0.25) is 4.98 Å². The van der Waals surface area contributed by atoms with Crippen molar-refractivity contribution in [2.45, 2.75) is 13.8 Å². The zero-order chi connectivity index (χ0) is 45.8. The van der Waals surface area contributed by atoms with Crippen LogP contribution in [0.3, 0.4) is 0 Å². The minimum atomic E-state index is 0.574. The van der Waals surface area contributed by atoms with E-state index in [1.807, 2.05) is 123 Å². The first kappa shape index (κ1) is 41.5. The van der Waals surface area contributed by atoms with Crippen molar-refractivity contribution in [2.24, 2.45) is 0 Å². The molecule has 9 heteroatoms. The van der Waals surface area contributed by atoms with E-state index in [-0.39, 0.29) is 0 Å². The van der Waals surface area contributed by atoms with E-state index >= 15 is 0 Å². The molecule has 11 aromatic rings. The minimum Gasteiger partial charge on any atom is -0.264 e. The fraction of sp³-hybridized carbons (Fsp3) is 0.0339. The number of aromatic nitrogens is 9. The first-order chi connectivity index (χ1) is 33.5. The SMILES string of the molecule is Cc1cc(-c2cc(-c3ccc(-c4nc(-c5ccccc5)nc(-c5ccccc5)n4)cc3)cc(-c3cccc(-c4nc(-c5ccccc5)nc(-c5ccc(-c6cccnc6)cc5)n4)c3)c2)nc(C)n1. The zero-order valence-electron chi connectivity index (χ0n) is 37.2. The Kier molecular flexibility index (Phi) is 11.2. The zero-order valence-corrected chi connectivity index (χ0v) is 37.2. The molecule has 0 bridgehead atoms. The smallest absolute Gasteiger partial charge is 0.164 e. The van der Waals surface area contributed by atoms with Crippen LogP contribution in [0.4, 0.5) is 0 Å². The van der Waals surface area contributed by atoms with Gasteiger partial charge < -0.3 is 0 Å². The van der Waals surface area contributed by atoms with Gasteiger partial charge in [-0.05, 0) is 83.6 Å². The molecule has 4 heterocycles. The number of nitrogens with zero attached hydrogens (tertiary/aromatic N) is 9. The fourth-order valence-electron chi connectivity index (χ4n) is 8.26. The van der Waals surface area contributed by atoms with E-state index < -0.39 is 0 Å². The van der Waals surface area contributed by atoms with E-state index in [1.54, 1.807) is 6.20 Å². The van der Waals surface area contributed by atoms with Gasteiger partial charge in [0.25, 0.3) is 0 Å². The predicted octanol–water partition coefficient (Wildman–Crippen LogP) is 13.5. The molecule has 0 aliphatic carbocycles. The second kappa shape index (κ2) is 18.3. The van der Waals surface area contributed by atoms with Gasteiger partial charge >= 0.3 is 0 Å². The van der Waals surface area contributed by atoms with Gasteiger partial charge in [-0.25, -0.2) is 39.9 Å². The van der Waals surface area contributed by atoms with Crippen LogP contribution in [-0.2, 0) is 0 Å². The highest BCUT2D eigenvalue weighted by molar-refractivity contribution is 5.83. The van der Waals surface area contributed by atoms with Crippen molar-refractivity contribution in [3.63, 3.8) is 0 Å². The lowest BCUT2D eigenvalue weighted by Gasteiger charge is -2.13. The highest BCUT2D eigenvalue weighted by Crippen LogP contribution is 2.36. The van der Waals surface area contributed by atoms with E-state index in [0.29, 0.717) is 40.8 Å². The average Bonchev–Trinajstić information content (AvgIpc) is 3.41. The Balaban J connectivity index is 0.991. The molecular weight excluding hydrogens is 835 g/mol. The van der Waals surface area contributed by atoms with Crippen LogP contribution in [0.1, 0.15) is 11.5 Å². The number of benzene rings is 7. The second-order valence-corrected chi connectivity index (χ2v) is 16.4. The standard InChI is InChI=1S/C59H41N9/c1-38-32-53(62-39(2)61-38)52-35-50(41-25-29-46(30-26-41)57-64-54(42-14-6-3-7-15-42)63-55(65-57)43-16-8-4-9-17-43)34-51(36-52)47-20-12-21-48(33-47)59-67-56(44-18-10-5-11-19-44)66-58(68-59)45-27-23-40(24-28-45)49-22-13-31-60-37-49/h3-37H,1-2H3. The largest absolute Gasteiger partial charge is 0.264 e. The molecule has 0 spiro atoms. The molecule has 0 aliphatic rings. The molecule has 0 fully saturated rings. The Hall–Kier alpha value is -9.21. The van der Waals surface area contributed by atoms with Crippen molar-refractivity contribution < 1.29 is 0 Å². The Morgan fingerprint density at radius 3 is 1.09 bits per heavy atom. The summed E-state index contributed by atoms with van der Waals surface area (Å²) in [5.74, 6) is 4.31. The van der Waals surface area contributed by atoms with Crippen molar-refractivity contribution in [1.29, 1.82) is 0 Å². The van der Waals surface area contributed by atoms with Crippen LogP contribution in [0.2, 0.25) is 0 Å². The van der Waals surface area contributed by atoms with Crippen molar-refractivity contribution in [2.75, 3.05) is 0 Å². The first-order valence-corrected chi connectivity index (χ1v) is 22.3. The van der Waals surface area contributed by atoms with Gasteiger partial charge in [0.1, 0.15) is 5.82 Å². The van der Waals surface area contributed by atoms with Crippen LogP contribution in [0.5, 0.6) is 0 Å². The molecule has 0 saturated heterocycles. The number of hydrogen-bond donors (Lipinski definition) is 0. The Morgan fingerprint density at radius 2 is 0.618 bits per heavy atom. The Morgan fingerprint density at radius 1 is 0.250 bits per heavy atom. The van der Waals surface area contributed by atoms with Gasteiger partial charge in [-0.15, -0.1) is 0 Å². The third-order valence-corrected chi connectivity index (χ3v) is 11.6. The summed E-state index contributed by atoms with van der Waals surface area (Å²) in [5.41, 5.74) is 14.3. The first-order valence-electron chi connectivity index (χ1n) is 22.3. The minimum absolute atomic E-state index is 0.574. The lowest BCUT2D eigenvalue weighted by Crippen LogP contribution is -2.00. The van der Waals surface area contributed by atoms with Crippen LogP contribution in [0.25, 0.3) is 113 Å². The summed E-state index contributed by atoms with van der Waals surface area (Å²) < 4.78 is 0. The van der Waals surface area contributed by atoms with Crippen LogP contribution < -0.4 is 0 Å². The average molecular weight is 876 g/mol. The molecule has 4 aromatic heterocycles. The molecule has 0 saturated carbocycles. The molecular formula is C59H41N9. The molecule has 0 unspecified atom stereocenters. The van der Waals surface area contributed by atoms with Crippen molar-refractivity contribution in [3.05, 3.63) is 224 Å². The Labute approximate surface area is 394 Å². The van der Waals surface area contributed by atoms with Crippen LogP contribution in [0.15, 0.2) is 213 Å². The van der Waals surface area contributed by atoms with Gasteiger partial charge in [0.15, 0.2) is 34.9 Å². The van der Waals surface area contributed by atoms with E-state index in [9.17, 15) is 0 Å². The highest BCUT2D eigenvalue weighted by Gasteiger charge is 2.17. The van der Waals surface area contributed by atoms with Gasteiger partial charge in [-0.1, -0.05) is 164 Å². The van der Waals surface area contributed by atoms with E-state index in [4.69, 9.17) is 34.9 Å². The molecule has 9 nitrogen and oxygen atoms in total. The Bertz CT molecular complexity index is 3470. The maximum atomic E-state index is 5.10. The molecule has 0 N–H and O–H groups in total. The van der Waals surface area contributed by atoms with Crippen LogP contribution in [0, 0.1) is 13.8 Å². The summed E-state index contributed by atoms with van der Waals surface area (Å²) in [7, 11) is 0. The second-order valence-electron chi connectivity index (χ2n) is 16.4. The molecule has 68 heavy (non-hydrogen) atoms. The molecule has 0 amide bonds. The quantitative estimate of drug-likeness (QED) is 0.132. The number of rotatable bonds is 10. The summed E-state index contributed by atoms with van der Waals surface area (Å²) in [6, 6.07) is 67.8. The third kappa shape index (κ3) is 8.92. The summed E-state index contributed by atoms with van der Waals surface area (Å²) in [6.07, 6.45) is 3.64. The topological polar surface area (TPSA) is 116 Å². The normalized spacial score (nSPS) is 11.1. The van der Waals surface area contributed by atoms with Crippen LogP contribution in [-0.4, -0.2) is 44.9 Å². The van der Waals surface area contributed by atoms with E-state index in [1.165, 1.54) is 0 Å². The predicted molar refractivity (Wildman–Crippen MR) is 270 cm³/mol. The van der Waals surface area contributed by atoms with Gasteiger partial charge in [0.2, 0.25) is 0 Å². The van der Waals surface area contributed by atoms with Gasteiger partial charge in [-0.2, -0.15) is 0 Å². The van der Waals surface area contributed by atoms with Crippen molar-refractivity contribution in [1.82, 2.24) is 44.9 Å². The fourth-order valence-corrected chi connectivity index (χ4v) is 8.26. The van der Waals surface area contributed by atoms with Crippen LogP contribution >= 0.6 is 0 Å². The molecule has 0 radical (unpaired) electrons. The highest BCUT2D eigenvalue weighted by atomic mass is 15.0. The number of pyridine rings is 1. The summed E-state index contributed by atoms with van der Waals surface area (Å²) in [5, 5.41) is 0. The molecule has 322 valence electrons. The molecule has 7 aromatic carbocycles. The molecule has 11 rings (SSSR count). The summed E-state index contributed by atoms with van der Waals surface area (Å²) in [4.78, 5) is 43.7. The maximum Gasteiger partial charge on any atom is 0.164 e. The molecule has 0 atom stereocenters. The van der Waals surface area contributed by atoms with Gasteiger partial charge in [0.05, 0.1) is 5.69 Å². The summed E-state index contributed by atoms with van der Waals surface area (Å²) >= 11 is 0. The monoisotopic (exact) mass is 875 g/mol. The third-order valence-electron chi connectivity index (χ3n) is 11.6. The number of aryl methyl sites for hydroxylation is 2. The summed E-state index contributed by atoms with van der Waals surface area (Å²) in [6.45, 7) is 3.93. The van der Waals surface area contributed by atoms with E-state index in [0.717, 1.165) is 83.7 Å². The van der Waals surface area contributed by atoms with Crippen molar-refractivity contribution >= 4 is 0 Å². The molecule has 0 aliphatic heterocycles. The number of hydrogen-bond acceptors (Lipinski definition) is 9. The maximum absolute atomic E-state index is 5.10. The van der Waals surface area contributed by atoms with Crippen molar-refractivity contribution in [3.8, 4) is 113 Å².